The lowest BCUT2D eigenvalue weighted by Gasteiger charge is -2.38. The molecule has 2 amide bonds. The van der Waals surface area contributed by atoms with Gasteiger partial charge in [-0.15, -0.1) is 0 Å². The molecule has 0 bridgehead atoms. The van der Waals surface area contributed by atoms with Crippen LogP contribution in [-0.4, -0.2) is 63.8 Å². The number of piperazine rings is 1. The molecule has 168 valence electrons. The maximum atomic E-state index is 12.7. The zero-order valence-electron chi connectivity index (χ0n) is 18.3. The minimum Gasteiger partial charge on any atom is -0.497 e. The second-order valence-electron chi connectivity index (χ2n) is 7.79. The van der Waals surface area contributed by atoms with Crippen LogP contribution in [0, 0.1) is 0 Å². The van der Waals surface area contributed by atoms with Gasteiger partial charge in [0, 0.05) is 44.1 Å². The first-order valence-corrected chi connectivity index (χ1v) is 10.6. The van der Waals surface area contributed by atoms with E-state index in [1.54, 1.807) is 7.11 Å². The van der Waals surface area contributed by atoms with Crippen molar-refractivity contribution in [3.05, 3.63) is 71.4 Å². The lowest BCUT2D eigenvalue weighted by Crippen LogP contribution is -2.51. The average Bonchev–Trinajstić information content (AvgIpc) is 2.84. The van der Waals surface area contributed by atoms with Gasteiger partial charge in [0.05, 0.1) is 25.8 Å². The molecule has 2 aliphatic rings. The Balaban J connectivity index is 1.50. The van der Waals surface area contributed by atoms with Gasteiger partial charge in [0.1, 0.15) is 5.75 Å². The summed E-state index contributed by atoms with van der Waals surface area (Å²) in [6, 6.07) is 16.6. The predicted molar refractivity (Wildman–Crippen MR) is 122 cm³/mol. The van der Waals surface area contributed by atoms with Crippen LogP contribution in [-0.2, 0) is 9.53 Å². The number of hydrogen-bond acceptors (Lipinski definition) is 6. The van der Waals surface area contributed by atoms with Crippen molar-refractivity contribution in [3.63, 3.8) is 0 Å². The molecule has 0 unspecified atom stereocenters. The number of methoxy groups -OCH3 is 2. The van der Waals surface area contributed by atoms with Crippen LogP contribution in [0.2, 0.25) is 0 Å². The summed E-state index contributed by atoms with van der Waals surface area (Å²) in [6.45, 7) is 3.78. The lowest BCUT2D eigenvalue weighted by molar-refractivity contribution is -0.136. The van der Waals surface area contributed by atoms with Crippen molar-refractivity contribution < 1.29 is 19.1 Å². The third kappa shape index (κ3) is 4.70. The minimum absolute atomic E-state index is 0.321. The molecule has 2 heterocycles. The van der Waals surface area contributed by atoms with Crippen LogP contribution in [0.3, 0.4) is 0 Å². The zero-order chi connectivity index (χ0) is 22.5. The third-order valence-corrected chi connectivity index (χ3v) is 5.88. The Hall–Kier alpha value is -3.52. The molecule has 32 heavy (non-hydrogen) atoms. The molecule has 4 rings (SSSR count). The van der Waals surface area contributed by atoms with Crippen LogP contribution < -0.4 is 20.3 Å². The molecular weight excluding hydrogens is 408 g/mol. The number of rotatable bonds is 6. The number of benzene rings is 2. The number of nitrogens with zero attached hydrogens (tertiary/aromatic N) is 2. The Morgan fingerprint density at radius 3 is 2.31 bits per heavy atom. The number of hydrogen-bond donors (Lipinski definition) is 2. The van der Waals surface area contributed by atoms with Crippen molar-refractivity contribution >= 4 is 17.7 Å². The highest BCUT2D eigenvalue weighted by Gasteiger charge is 2.34. The zero-order valence-corrected chi connectivity index (χ0v) is 18.3. The summed E-state index contributed by atoms with van der Waals surface area (Å²) in [5.74, 6) is 0.391. The third-order valence-electron chi connectivity index (χ3n) is 5.88. The first-order valence-electron chi connectivity index (χ1n) is 10.6. The highest BCUT2D eigenvalue weighted by atomic mass is 16.5. The lowest BCUT2D eigenvalue weighted by atomic mass is 9.95. The Bertz CT molecular complexity index is 983. The summed E-state index contributed by atoms with van der Waals surface area (Å²) in [4.78, 5) is 29.7. The number of anilines is 1. The molecule has 2 aliphatic heterocycles. The van der Waals surface area contributed by atoms with Crippen molar-refractivity contribution in [2.45, 2.75) is 6.04 Å². The topological polar surface area (TPSA) is 83.1 Å². The maximum Gasteiger partial charge on any atom is 0.338 e. The number of ether oxygens (including phenoxy) is 2. The van der Waals surface area contributed by atoms with E-state index in [0.717, 1.165) is 43.2 Å². The van der Waals surface area contributed by atoms with E-state index >= 15 is 0 Å². The van der Waals surface area contributed by atoms with Gasteiger partial charge in [-0.2, -0.15) is 0 Å². The van der Waals surface area contributed by atoms with Crippen LogP contribution >= 0.6 is 0 Å². The van der Waals surface area contributed by atoms with Crippen LogP contribution in [0.15, 0.2) is 65.9 Å². The number of esters is 1. The largest absolute Gasteiger partial charge is 0.497 e. The van der Waals surface area contributed by atoms with E-state index in [0.29, 0.717) is 17.8 Å². The molecule has 1 saturated heterocycles. The molecule has 1 atom stereocenters. The molecule has 2 N–H and O–H groups in total. The highest BCUT2D eigenvalue weighted by molar-refractivity contribution is 5.95. The SMILES string of the molecule is COC(=O)C1=C(CN2CCN(c3ccc(OC)cc3)CC2)NC(=O)N[C@H]1c1ccccc1. The molecular formula is C24H28N4O4. The van der Waals surface area contributed by atoms with Crippen LogP contribution in [0.5, 0.6) is 5.75 Å². The van der Waals surface area contributed by atoms with E-state index in [4.69, 9.17) is 9.47 Å². The van der Waals surface area contributed by atoms with E-state index in [1.165, 1.54) is 7.11 Å². The van der Waals surface area contributed by atoms with Crippen molar-refractivity contribution in [3.8, 4) is 5.75 Å². The molecule has 0 aromatic heterocycles. The quantitative estimate of drug-likeness (QED) is 0.677. The molecule has 8 heteroatoms. The number of amides is 2. The van der Waals surface area contributed by atoms with Gasteiger partial charge in [-0.3, -0.25) is 4.90 Å². The molecule has 2 aromatic rings. The van der Waals surface area contributed by atoms with Crippen LogP contribution in [0.25, 0.3) is 0 Å². The van der Waals surface area contributed by atoms with Gasteiger partial charge < -0.3 is 25.0 Å². The minimum atomic E-state index is -0.548. The van der Waals surface area contributed by atoms with Gasteiger partial charge in [0.15, 0.2) is 0 Å². The standard InChI is InChI=1S/C24H28N4O4/c1-31-19-10-8-18(9-11-19)28-14-12-27(13-15-28)16-20-21(23(29)32-2)22(26-24(30)25-20)17-6-4-3-5-7-17/h3-11,22H,12-16H2,1-2H3,(H2,25,26,30)/t22-/m0/s1. The Kier molecular flexibility index (Phi) is 6.61. The smallest absolute Gasteiger partial charge is 0.338 e. The van der Waals surface area contributed by atoms with Gasteiger partial charge >= 0.3 is 12.0 Å². The monoisotopic (exact) mass is 436 g/mol. The van der Waals surface area contributed by atoms with Crippen molar-refractivity contribution in [2.24, 2.45) is 0 Å². The number of carbonyl (C=O) groups excluding carboxylic acids is 2. The van der Waals surface area contributed by atoms with E-state index in [2.05, 4.69) is 32.6 Å². The summed E-state index contributed by atoms with van der Waals surface area (Å²) in [5.41, 5.74) is 3.02. The van der Waals surface area contributed by atoms with E-state index in [1.807, 2.05) is 42.5 Å². The molecule has 0 saturated carbocycles. The van der Waals surface area contributed by atoms with Gasteiger partial charge in [-0.25, -0.2) is 9.59 Å². The van der Waals surface area contributed by atoms with Gasteiger partial charge in [0.25, 0.3) is 0 Å². The van der Waals surface area contributed by atoms with Gasteiger partial charge in [-0.1, -0.05) is 30.3 Å². The summed E-state index contributed by atoms with van der Waals surface area (Å²) < 4.78 is 10.3. The predicted octanol–water partition coefficient (Wildman–Crippen LogP) is 2.30. The molecule has 1 fully saturated rings. The second kappa shape index (κ2) is 9.74. The normalized spacial score (nSPS) is 19.2. The van der Waals surface area contributed by atoms with Crippen LogP contribution in [0.1, 0.15) is 11.6 Å². The summed E-state index contributed by atoms with van der Waals surface area (Å²) >= 11 is 0. The number of nitrogens with one attached hydrogen (secondary N) is 2. The Morgan fingerprint density at radius 2 is 1.69 bits per heavy atom. The number of carbonyl (C=O) groups is 2. The summed E-state index contributed by atoms with van der Waals surface area (Å²) in [6.07, 6.45) is 0. The highest BCUT2D eigenvalue weighted by Crippen LogP contribution is 2.28. The molecule has 0 radical (unpaired) electrons. The number of urea groups is 1. The van der Waals surface area contributed by atoms with Crippen molar-refractivity contribution in [1.82, 2.24) is 15.5 Å². The fraction of sp³-hybridized carbons (Fsp3) is 0.333. The Morgan fingerprint density at radius 1 is 1.00 bits per heavy atom. The summed E-state index contributed by atoms with van der Waals surface area (Å²) in [5, 5.41) is 5.70. The van der Waals surface area contributed by atoms with Crippen LogP contribution in [0.4, 0.5) is 10.5 Å². The molecule has 2 aromatic carbocycles. The molecule has 8 nitrogen and oxygen atoms in total. The second-order valence-corrected chi connectivity index (χ2v) is 7.79. The first-order chi connectivity index (χ1) is 15.6. The fourth-order valence-electron chi connectivity index (χ4n) is 4.17. The first kappa shape index (κ1) is 21.7. The van der Waals surface area contributed by atoms with E-state index in [9.17, 15) is 9.59 Å². The molecule has 0 spiro atoms. The van der Waals surface area contributed by atoms with Gasteiger partial charge in [0.2, 0.25) is 0 Å². The Labute approximate surface area is 187 Å². The van der Waals surface area contributed by atoms with Gasteiger partial charge in [-0.05, 0) is 29.8 Å². The van der Waals surface area contributed by atoms with Crippen molar-refractivity contribution in [2.75, 3.05) is 51.8 Å². The maximum absolute atomic E-state index is 12.7. The summed E-state index contributed by atoms with van der Waals surface area (Å²) in [7, 11) is 3.02. The van der Waals surface area contributed by atoms with E-state index < -0.39 is 12.0 Å². The average molecular weight is 437 g/mol. The van der Waals surface area contributed by atoms with Crippen molar-refractivity contribution in [1.29, 1.82) is 0 Å². The molecule has 0 aliphatic carbocycles. The fourth-order valence-corrected chi connectivity index (χ4v) is 4.17. The van der Waals surface area contributed by atoms with E-state index in [-0.39, 0.29) is 6.03 Å².